The Morgan fingerprint density at radius 1 is 1.11 bits per heavy atom. The number of carbonyl (C=O) groups excluding carboxylic acids is 1. The van der Waals surface area contributed by atoms with Crippen LogP contribution in [0.2, 0.25) is 0 Å². The molecule has 2 heterocycles. The highest BCUT2D eigenvalue weighted by molar-refractivity contribution is 7.09. The molecule has 5 rings (SSSR count). The lowest BCUT2D eigenvalue weighted by Gasteiger charge is -2.39. The molecule has 0 spiro atoms. The maximum Gasteiger partial charge on any atom is 0.321 e. The Labute approximate surface area is 226 Å². The van der Waals surface area contributed by atoms with Gasteiger partial charge in [-0.3, -0.25) is 0 Å². The first kappa shape index (κ1) is 25.2. The number of rotatable bonds is 6. The van der Waals surface area contributed by atoms with Gasteiger partial charge >= 0.3 is 6.03 Å². The molecule has 2 amide bonds. The molecule has 192 valence electrons. The number of nitrogens with zero attached hydrogens (tertiary/aromatic N) is 5. The van der Waals surface area contributed by atoms with Gasteiger partial charge in [0.15, 0.2) is 0 Å². The minimum absolute atomic E-state index is 0.0962. The van der Waals surface area contributed by atoms with Crippen LogP contribution in [0.25, 0.3) is 0 Å². The highest BCUT2D eigenvalue weighted by Gasteiger charge is 2.29. The third-order valence-corrected chi connectivity index (χ3v) is 7.19. The summed E-state index contributed by atoms with van der Waals surface area (Å²) < 4.78 is 10.5. The van der Waals surface area contributed by atoms with Gasteiger partial charge in [0.1, 0.15) is 17.3 Å². The summed E-state index contributed by atoms with van der Waals surface area (Å²) in [6.45, 7) is 5.96. The lowest BCUT2D eigenvalue weighted by Crippen LogP contribution is -2.54. The number of nitriles is 1. The maximum absolute atomic E-state index is 12.8. The number of hydrogen-bond donors (Lipinski definition) is 1. The van der Waals surface area contributed by atoms with Crippen LogP contribution in [-0.2, 0) is 6.42 Å². The summed E-state index contributed by atoms with van der Waals surface area (Å²) in [5.74, 6) is 2.38. The van der Waals surface area contributed by atoms with Crippen molar-refractivity contribution in [2.75, 3.05) is 29.9 Å². The molecule has 0 radical (unpaired) electrons. The summed E-state index contributed by atoms with van der Waals surface area (Å²) in [6, 6.07) is 24.9. The summed E-state index contributed by atoms with van der Waals surface area (Å²) in [4.78, 5) is 21.6. The molecule has 9 heteroatoms. The van der Waals surface area contributed by atoms with Gasteiger partial charge < -0.3 is 19.9 Å². The molecule has 8 nitrogen and oxygen atoms in total. The number of piperazine rings is 1. The second-order valence-electron chi connectivity index (χ2n) is 9.34. The fourth-order valence-corrected chi connectivity index (χ4v) is 5.14. The van der Waals surface area contributed by atoms with Crippen molar-refractivity contribution in [3.05, 3.63) is 95.3 Å². The SMILES string of the molecule is Cc1ccc(Oc2ccc(Cc3nsc(N4CCN(C(=O)Nc5cccc(C#N)c5)CC4C)n3)cc2)cc1. The molecule has 1 aromatic heterocycles. The van der Waals surface area contributed by atoms with E-state index in [1.807, 2.05) is 48.5 Å². The van der Waals surface area contributed by atoms with E-state index in [4.69, 9.17) is 15.0 Å². The van der Waals surface area contributed by atoms with E-state index >= 15 is 0 Å². The number of ether oxygens (including phenoxy) is 1. The minimum Gasteiger partial charge on any atom is -0.457 e. The van der Waals surface area contributed by atoms with Gasteiger partial charge in [-0.05, 0) is 61.9 Å². The first-order valence-corrected chi connectivity index (χ1v) is 13.2. The Morgan fingerprint density at radius 3 is 2.55 bits per heavy atom. The van der Waals surface area contributed by atoms with E-state index in [1.165, 1.54) is 17.1 Å². The highest BCUT2D eigenvalue weighted by Crippen LogP contribution is 2.26. The Kier molecular flexibility index (Phi) is 7.52. The molecule has 1 saturated heterocycles. The van der Waals surface area contributed by atoms with E-state index in [0.717, 1.165) is 28.0 Å². The zero-order valence-electron chi connectivity index (χ0n) is 21.3. The monoisotopic (exact) mass is 524 g/mol. The lowest BCUT2D eigenvalue weighted by atomic mass is 10.1. The third kappa shape index (κ3) is 6.10. The number of nitrogens with one attached hydrogen (secondary N) is 1. The number of amides is 2. The van der Waals surface area contributed by atoms with Crippen LogP contribution in [0, 0.1) is 18.3 Å². The number of hydrogen-bond acceptors (Lipinski definition) is 7. The van der Waals surface area contributed by atoms with E-state index in [0.29, 0.717) is 37.3 Å². The standard InChI is InChI=1S/C29H28N6O2S/c1-20-6-10-25(11-7-20)37-26-12-8-22(9-13-26)17-27-32-29(38-33-27)35-15-14-34(19-21(35)2)28(36)31-24-5-3-4-23(16-24)18-30/h3-13,16,21H,14-15,17,19H2,1-2H3,(H,31,36). The quantitative estimate of drug-likeness (QED) is 0.340. The average Bonchev–Trinajstić information content (AvgIpc) is 3.39. The highest BCUT2D eigenvalue weighted by atomic mass is 32.1. The smallest absolute Gasteiger partial charge is 0.321 e. The van der Waals surface area contributed by atoms with Crippen LogP contribution < -0.4 is 15.0 Å². The van der Waals surface area contributed by atoms with Gasteiger partial charge in [-0.2, -0.15) is 9.64 Å². The number of aromatic nitrogens is 2. The molecular formula is C29H28N6O2S. The first-order chi connectivity index (χ1) is 18.5. The number of benzene rings is 3. The molecule has 0 aliphatic carbocycles. The fraction of sp³-hybridized carbons (Fsp3) is 0.241. The second kappa shape index (κ2) is 11.3. The van der Waals surface area contributed by atoms with E-state index in [2.05, 4.69) is 34.5 Å². The molecule has 1 fully saturated rings. The number of carbonyl (C=O) groups is 1. The van der Waals surface area contributed by atoms with Crippen LogP contribution in [0.5, 0.6) is 11.5 Å². The number of aryl methyl sites for hydroxylation is 1. The molecule has 1 atom stereocenters. The van der Waals surface area contributed by atoms with Crippen molar-refractivity contribution < 1.29 is 9.53 Å². The van der Waals surface area contributed by atoms with E-state index in [9.17, 15) is 4.79 Å². The van der Waals surface area contributed by atoms with Gasteiger partial charge in [0, 0.05) is 49.3 Å². The molecule has 3 aromatic carbocycles. The zero-order valence-corrected chi connectivity index (χ0v) is 22.1. The predicted molar refractivity (Wildman–Crippen MR) is 149 cm³/mol. The average molecular weight is 525 g/mol. The minimum atomic E-state index is -0.167. The lowest BCUT2D eigenvalue weighted by molar-refractivity contribution is 0.200. The number of anilines is 2. The first-order valence-electron chi connectivity index (χ1n) is 12.5. The molecule has 38 heavy (non-hydrogen) atoms. The molecular weight excluding hydrogens is 496 g/mol. The van der Waals surface area contributed by atoms with Crippen molar-refractivity contribution in [3.63, 3.8) is 0 Å². The van der Waals surface area contributed by atoms with Gasteiger partial charge in [0.2, 0.25) is 5.13 Å². The Bertz CT molecular complexity index is 1450. The number of urea groups is 1. The van der Waals surface area contributed by atoms with Crippen molar-refractivity contribution in [1.29, 1.82) is 5.26 Å². The van der Waals surface area contributed by atoms with Crippen LogP contribution in [0.15, 0.2) is 72.8 Å². The predicted octanol–water partition coefficient (Wildman–Crippen LogP) is 5.84. The molecule has 0 bridgehead atoms. The third-order valence-electron chi connectivity index (χ3n) is 6.40. The van der Waals surface area contributed by atoms with E-state index < -0.39 is 0 Å². The molecule has 1 aliphatic rings. The molecule has 1 unspecified atom stereocenters. The topological polar surface area (TPSA) is 94.4 Å². The fourth-order valence-electron chi connectivity index (χ4n) is 4.33. The Balaban J connectivity index is 1.15. The van der Waals surface area contributed by atoms with E-state index in [-0.39, 0.29) is 12.1 Å². The van der Waals surface area contributed by atoms with Crippen molar-refractivity contribution in [2.45, 2.75) is 26.3 Å². The van der Waals surface area contributed by atoms with Crippen LogP contribution in [-0.4, -0.2) is 46.0 Å². The van der Waals surface area contributed by atoms with Crippen LogP contribution in [0.3, 0.4) is 0 Å². The zero-order chi connectivity index (χ0) is 26.5. The van der Waals surface area contributed by atoms with Gasteiger partial charge in [0.05, 0.1) is 11.6 Å². The summed E-state index contributed by atoms with van der Waals surface area (Å²) in [5.41, 5.74) is 3.44. The summed E-state index contributed by atoms with van der Waals surface area (Å²) in [6.07, 6.45) is 0.639. The van der Waals surface area contributed by atoms with Crippen molar-refractivity contribution in [2.24, 2.45) is 0 Å². The Hall–Kier alpha value is -4.42. The largest absolute Gasteiger partial charge is 0.457 e. The van der Waals surface area contributed by atoms with Gasteiger partial charge in [0.25, 0.3) is 0 Å². The molecule has 1 aliphatic heterocycles. The van der Waals surface area contributed by atoms with Crippen LogP contribution in [0.1, 0.15) is 29.4 Å². The Morgan fingerprint density at radius 2 is 1.84 bits per heavy atom. The van der Waals surface area contributed by atoms with Gasteiger partial charge in [-0.25, -0.2) is 9.78 Å². The van der Waals surface area contributed by atoms with Gasteiger partial charge in [-0.1, -0.05) is 35.9 Å². The van der Waals surface area contributed by atoms with Crippen LogP contribution in [0.4, 0.5) is 15.6 Å². The van der Waals surface area contributed by atoms with Crippen molar-refractivity contribution in [3.8, 4) is 17.6 Å². The normalized spacial score (nSPS) is 15.1. The molecule has 1 N–H and O–H groups in total. The maximum atomic E-state index is 12.8. The van der Waals surface area contributed by atoms with E-state index in [1.54, 1.807) is 29.2 Å². The summed E-state index contributed by atoms with van der Waals surface area (Å²) in [5, 5.41) is 12.8. The second-order valence-corrected chi connectivity index (χ2v) is 10.1. The molecule has 0 saturated carbocycles. The van der Waals surface area contributed by atoms with Crippen LogP contribution >= 0.6 is 11.5 Å². The van der Waals surface area contributed by atoms with Gasteiger partial charge in [-0.15, -0.1) is 0 Å². The summed E-state index contributed by atoms with van der Waals surface area (Å²) in [7, 11) is 0. The summed E-state index contributed by atoms with van der Waals surface area (Å²) >= 11 is 1.39. The molecule has 4 aromatic rings. The van der Waals surface area contributed by atoms with Crippen molar-refractivity contribution >= 4 is 28.4 Å². The van der Waals surface area contributed by atoms with Crippen molar-refractivity contribution in [1.82, 2.24) is 14.3 Å².